The molecule has 0 aromatic heterocycles. The van der Waals surface area contributed by atoms with Crippen LogP contribution >= 0.6 is 0 Å². The zero-order chi connectivity index (χ0) is 25.0. The quantitative estimate of drug-likeness (QED) is 0.414. The normalized spacial score (nSPS) is 13.2. The Morgan fingerprint density at radius 3 is 2.54 bits per heavy atom. The van der Waals surface area contributed by atoms with Crippen molar-refractivity contribution in [1.82, 2.24) is 5.32 Å². The van der Waals surface area contributed by atoms with Gasteiger partial charge in [0.1, 0.15) is 18.5 Å². The molecule has 4 rings (SSSR count). The number of ether oxygens (including phenoxy) is 3. The Hall–Kier alpha value is -3.76. The number of benzene rings is 3. The third-order valence-electron chi connectivity index (χ3n) is 5.32. The molecule has 0 radical (unpaired) electrons. The summed E-state index contributed by atoms with van der Waals surface area (Å²) >= 11 is 0. The number of anilines is 1. The molecule has 1 atom stereocenters. The summed E-state index contributed by atoms with van der Waals surface area (Å²) in [4.78, 5) is 12.6. The molecule has 1 amide bonds. The van der Waals surface area contributed by atoms with Gasteiger partial charge >= 0.3 is 0 Å². The van der Waals surface area contributed by atoms with Crippen molar-refractivity contribution in [3.8, 4) is 17.2 Å². The Kier molecular flexibility index (Phi) is 7.13. The Balaban J connectivity index is 1.28. The van der Waals surface area contributed by atoms with E-state index in [1.54, 1.807) is 37.3 Å². The molecule has 35 heavy (non-hydrogen) atoms. The largest absolute Gasteiger partial charge is 0.491 e. The molecule has 1 unspecified atom stereocenters. The van der Waals surface area contributed by atoms with Gasteiger partial charge in [-0.2, -0.15) is 0 Å². The van der Waals surface area contributed by atoms with Crippen molar-refractivity contribution < 1.29 is 32.5 Å². The van der Waals surface area contributed by atoms with Gasteiger partial charge in [-0.05, 0) is 67.4 Å². The predicted molar refractivity (Wildman–Crippen MR) is 130 cm³/mol. The topological polar surface area (TPSA) is 123 Å². The molecule has 1 aliphatic heterocycles. The van der Waals surface area contributed by atoms with Crippen molar-refractivity contribution in [2.24, 2.45) is 0 Å². The van der Waals surface area contributed by atoms with Crippen LogP contribution in [0.3, 0.4) is 0 Å². The predicted octanol–water partition coefficient (Wildman–Crippen LogP) is 3.00. The average molecular weight is 499 g/mol. The van der Waals surface area contributed by atoms with Gasteiger partial charge in [0.25, 0.3) is 15.9 Å². The number of fused-ring (bicyclic) bond motifs is 1. The highest BCUT2D eigenvalue weighted by atomic mass is 32.2. The van der Waals surface area contributed by atoms with Gasteiger partial charge in [0.2, 0.25) is 6.79 Å². The lowest BCUT2D eigenvalue weighted by molar-refractivity contribution is 0.0843. The standard InChI is InChI=1S/C25H26N2O7S/c1-16-3-4-17(2)24(11-16)35(30,31)27-19-7-5-18(6-8-19)25(29)26-13-20(28)14-32-21-9-10-22-23(12-21)34-15-33-22/h3-12,20,27-28H,13-15H2,1-2H3,(H,26,29). The van der Waals surface area contributed by atoms with E-state index in [1.807, 2.05) is 13.0 Å². The molecule has 3 aromatic rings. The van der Waals surface area contributed by atoms with Gasteiger partial charge in [-0.25, -0.2) is 8.42 Å². The second-order valence-corrected chi connectivity index (χ2v) is 9.79. The number of aryl methyl sites for hydroxylation is 2. The van der Waals surface area contributed by atoms with Gasteiger partial charge in [0.05, 0.1) is 4.90 Å². The summed E-state index contributed by atoms with van der Waals surface area (Å²) in [7, 11) is -3.77. The van der Waals surface area contributed by atoms with Gasteiger partial charge in [-0.15, -0.1) is 0 Å². The number of carbonyl (C=O) groups excluding carboxylic acids is 1. The highest BCUT2D eigenvalue weighted by Crippen LogP contribution is 2.35. The molecule has 3 aromatic carbocycles. The molecule has 10 heteroatoms. The van der Waals surface area contributed by atoms with Crippen LogP contribution in [0, 0.1) is 13.8 Å². The number of hydrogen-bond donors (Lipinski definition) is 3. The van der Waals surface area contributed by atoms with E-state index in [4.69, 9.17) is 14.2 Å². The third kappa shape index (κ3) is 6.03. The monoisotopic (exact) mass is 498 g/mol. The Morgan fingerprint density at radius 2 is 1.77 bits per heavy atom. The van der Waals surface area contributed by atoms with E-state index >= 15 is 0 Å². The smallest absolute Gasteiger partial charge is 0.262 e. The van der Waals surface area contributed by atoms with Crippen LogP contribution in [0.5, 0.6) is 17.2 Å². The summed E-state index contributed by atoms with van der Waals surface area (Å²) in [6.07, 6.45) is -0.937. The third-order valence-corrected chi connectivity index (χ3v) is 6.84. The first-order valence-corrected chi connectivity index (χ1v) is 12.4. The van der Waals surface area contributed by atoms with Crippen LogP contribution in [0.4, 0.5) is 5.69 Å². The van der Waals surface area contributed by atoms with Crippen molar-refractivity contribution in [3.05, 3.63) is 77.4 Å². The molecule has 9 nitrogen and oxygen atoms in total. The van der Waals surface area contributed by atoms with Crippen molar-refractivity contribution in [3.63, 3.8) is 0 Å². The zero-order valence-corrected chi connectivity index (χ0v) is 20.1. The van der Waals surface area contributed by atoms with E-state index in [0.29, 0.717) is 34.1 Å². The number of carbonyl (C=O) groups is 1. The maximum absolute atomic E-state index is 12.7. The maximum Gasteiger partial charge on any atom is 0.262 e. The van der Waals surface area contributed by atoms with Gasteiger partial charge in [-0.1, -0.05) is 12.1 Å². The van der Waals surface area contributed by atoms with E-state index in [1.165, 1.54) is 24.3 Å². The summed E-state index contributed by atoms with van der Waals surface area (Å²) in [5, 5.41) is 12.8. The molecule has 0 saturated heterocycles. The molecule has 0 bridgehead atoms. The molecule has 0 aliphatic carbocycles. The van der Waals surface area contributed by atoms with Crippen molar-refractivity contribution in [2.45, 2.75) is 24.8 Å². The van der Waals surface area contributed by atoms with E-state index in [0.717, 1.165) is 5.56 Å². The number of nitrogens with one attached hydrogen (secondary N) is 2. The van der Waals surface area contributed by atoms with Crippen LogP contribution in [0.15, 0.2) is 65.6 Å². The lowest BCUT2D eigenvalue weighted by Crippen LogP contribution is -2.35. The molecule has 0 fully saturated rings. The Labute approximate surface area is 203 Å². The molecular formula is C25H26N2O7S. The molecular weight excluding hydrogens is 472 g/mol. The minimum Gasteiger partial charge on any atom is -0.491 e. The van der Waals surface area contributed by atoms with Gasteiger partial charge in [-0.3, -0.25) is 9.52 Å². The van der Waals surface area contributed by atoms with E-state index in [2.05, 4.69) is 10.0 Å². The Bertz CT molecular complexity index is 1320. The summed E-state index contributed by atoms with van der Waals surface area (Å²) in [6.45, 7) is 3.67. The molecule has 1 aliphatic rings. The summed E-state index contributed by atoms with van der Waals surface area (Å²) in [6, 6.07) is 16.3. The van der Waals surface area contributed by atoms with E-state index < -0.39 is 22.0 Å². The first-order chi connectivity index (χ1) is 16.7. The number of rotatable bonds is 9. The average Bonchev–Trinajstić information content (AvgIpc) is 3.31. The van der Waals surface area contributed by atoms with Crippen molar-refractivity contribution in [1.29, 1.82) is 0 Å². The number of aliphatic hydroxyl groups is 1. The number of sulfonamides is 1. The molecule has 184 valence electrons. The van der Waals surface area contributed by atoms with Crippen molar-refractivity contribution >= 4 is 21.6 Å². The molecule has 0 saturated carbocycles. The highest BCUT2D eigenvalue weighted by molar-refractivity contribution is 7.92. The van der Waals surface area contributed by atoms with Crippen molar-refractivity contribution in [2.75, 3.05) is 24.7 Å². The van der Waals surface area contributed by atoms with Crippen LogP contribution in [-0.2, 0) is 10.0 Å². The second kappa shape index (κ2) is 10.2. The maximum atomic E-state index is 12.7. The summed E-state index contributed by atoms with van der Waals surface area (Å²) in [5.41, 5.74) is 2.13. The minimum atomic E-state index is -3.77. The fraction of sp³-hybridized carbons (Fsp3) is 0.240. The highest BCUT2D eigenvalue weighted by Gasteiger charge is 2.18. The number of amides is 1. The number of aliphatic hydroxyl groups excluding tert-OH is 1. The fourth-order valence-corrected chi connectivity index (χ4v) is 4.82. The number of hydrogen-bond acceptors (Lipinski definition) is 7. The molecule has 1 heterocycles. The summed E-state index contributed by atoms with van der Waals surface area (Å²) in [5.74, 6) is 1.31. The van der Waals surface area contributed by atoms with Crippen LogP contribution in [-0.4, -0.2) is 45.5 Å². The van der Waals surface area contributed by atoms with Crippen LogP contribution in [0.2, 0.25) is 0 Å². The second-order valence-electron chi connectivity index (χ2n) is 8.14. The lowest BCUT2D eigenvalue weighted by atomic mass is 10.2. The van der Waals surface area contributed by atoms with Crippen LogP contribution in [0.25, 0.3) is 0 Å². The van der Waals surface area contributed by atoms with Crippen LogP contribution < -0.4 is 24.2 Å². The zero-order valence-electron chi connectivity index (χ0n) is 19.3. The van der Waals surface area contributed by atoms with Gasteiger partial charge < -0.3 is 24.6 Å². The van der Waals surface area contributed by atoms with Gasteiger partial charge in [0, 0.05) is 23.9 Å². The fourth-order valence-electron chi connectivity index (χ4n) is 3.43. The molecule has 0 spiro atoms. The van der Waals surface area contributed by atoms with Crippen LogP contribution in [0.1, 0.15) is 21.5 Å². The molecule has 3 N–H and O–H groups in total. The van der Waals surface area contributed by atoms with Gasteiger partial charge in [0.15, 0.2) is 11.5 Å². The SMILES string of the molecule is Cc1ccc(C)c(S(=O)(=O)Nc2ccc(C(=O)NCC(O)COc3ccc4c(c3)OCO4)cc2)c1. The Morgan fingerprint density at radius 1 is 1.03 bits per heavy atom. The van der Waals surface area contributed by atoms with E-state index in [9.17, 15) is 18.3 Å². The first kappa shape index (κ1) is 24.4. The first-order valence-electron chi connectivity index (χ1n) is 10.9. The lowest BCUT2D eigenvalue weighted by Gasteiger charge is -2.14. The van der Waals surface area contributed by atoms with E-state index in [-0.39, 0.29) is 24.8 Å². The summed E-state index contributed by atoms with van der Waals surface area (Å²) < 4.78 is 44.1. The minimum absolute atomic E-state index is 0.0234.